The molecule has 0 aliphatic rings. The highest BCUT2D eigenvalue weighted by molar-refractivity contribution is 6.33. The summed E-state index contributed by atoms with van der Waals surface area (Å²) in [6, 6.07) is 15.2. The van der Waals surface area contributed by atoms with Gasteiger partial charge in [0.15, 0.2) is 0 Å². The first-order valence-corrected chi connectivity index (χ1v) is 9.26. The molecule has 6 nitrogen and oxygen atoms in total. The number of hydrogen-bond donors (Lipinski definition) is 2. The molecule has 0 aliphatic heterocycles. The molecule has 4 aromatic rings. The third-order valence-electron chi connectivity index (χ3n) is 4.31. The first-order chi connectivity index (χ1) is 14.0. The summed E-state index contributed by atoms with van der Waals surface area (Å²) in [6.07, 6.45) is 1.54. The Labute approximate surface area is 171 Å². The maximum atomic E-state index is 12.8. The summed E-state index contributed by atoms with van der Waals surface area (Å²) < 4.78 is 11.1. The van der Waals surface area contributed by atoms with E-state index in [0.717, 1.165) is 5.56 Å². The third kappa shape index (κ3) is 4.17. The smallest absolute Gasteiger partial charge is 0.257 e. The number of aromatic hydroxyl groups is 1. The lowest BCUT2D eigenvalue weighted by atomic mass is 10.1. The van der Waals surface area contributed by atoms with Crippen LogP contribution in [-0.4, -0.2) is 11.0 Å². The van der Waals surface area contributed by atoms with Gasteiger partial charge < -0.3 is 19.3 Å². The topological polar surface area (TPSA) is 88.0 Å². The van der Waals surface area contributed by atoms with Crippen LogP contribution in [0.3, 0.4) is 0 Å². The number of rotatable bonds is 4. The van der Waals surface area contributed by atoms with Gasteiger partial charge in [-0.2, -0.15) is 0 Å². The number of hydrogen-bond acceptors (Lipinski definition) is 5. The minimum Gasteiger partial charge on any atom is -0.508 e. The van der Waals surface area contributed by atoms with Crippen molar-refractivity contribution >= 4 is 34.2 Å². The molecular weight excluding hydrogens is 392 g/mol. The molecule has 146 valence electrons. The zero-order valence-electron chi connectivity index (χ0n) is 15.5. The van der Waals surface area contributed by atoms with E-state index in [4.69, 9.17) is 20.4 Å². The molecule has 2 N–H and O–H groups in total. The van der Waals surface area contributed by atoms with Crippen molar-refractivity contribution in [1.82, 2.24) is 5.32 Å². The normalized spacial score (nSPS) is 11.7. The van der Waals surface area contributed by atoms with Crippen LogP contribution in [0.2, 0.25) is 5.02 Å². The summed E-state index contributed by atoms with van der Waals surface area (Å²) in [7, 11) is 0. The Bertz CT molecular complexity index is 1260. The zero-order valence-corrected chi connectivity index (χ0v) is 16.2. The van der Waals surface area contributed by atoms with Gasteiger partial charge in [-0.15, -0.1) is 0 Å². The van der Waals surface area contributed by atoms with Crippen molar-refractivity contribution in [2.45, 2.75) is 13.5 Å². The predicted octanol–water partition coefficient (Wildman–Crippen LogP) is 4.86. The van der Waals surface area contributed by atoms with E-state index in [1.165, 1.54) is 12.1 Å². The van der Waals surface area contributed by atoms with Crippen LogP contribution in [0.15, 0.2) is 74.7 Å². The van der Waals surface area contributed by atoms with Gasteiger partial charge in [-0.3, -0.25) is 4.79 Å². The molecule has 2 heterocycles. The molecule has 0 aliphatic carbocycles. The molecular formula is C22H17ClN2O4. The number of furan rings is 1. The second-order valence-corrected chi connectivity index (χ2v) is 6.92. The lowest BCUT2D eigenvalue weighted by Gasteiger charge is -2.07. The van der Waals surface area contributed by atoms with Crippen molar-refractivity contribution in [2.75, 3.05) is 0 Å². The number of carbonyl (C=O) groups is 1. The van der Waals surface area contributed by atoms with Crippen molar-refractivity contribution < 1.29 is 18.7 Å². The second kappa shape index (κ2) is 7.85. The minimum absolute atomic E-state index is 0.0515. The van der Waals surface area contributed by atoms with Gasteiger partial charge in [0.2, 0.25) is 5.55 Å². The number of phenols is 1. The Morgan fingerprint density at radius 1 is 1.17 bits per heavy atom. The van der Waals surface area contributed by atoms with Crippen molar-refractivity contribution in [1.29, 1.82) is 0 Å². The number of halogens is 1. The highest BCUT2D eigenvalue weighted by Crippen LogP contribution is 2.26. The molecule has 0 radical (unpaired) electrons. The fourth-order valence-electron chi connectivity index (χ4n) is 2.84. The highest BCUT2D eigenvalue weighted by atomic mass is 35.5. The highest BCUT2D eigenvalue weighted by Gasteiger charge is 2.14. The van der Waals surface area contributed by atoms with Crippen molar-refractivity contribution in [3.8, 4) is 5.75 Å². The van der Waals surface area contributed by atoms with Gasteiger partial charge >= 0.3 is 0 Å². The van der Waals surface area contributed by atoms with Crippen LogP contribution in [-0.2, 0) is 6.54 Å². The quantitative estimate of drug-likeness (QED) is 0.505. The Hall–Kier alpha value is -3.51. The molecule has 29 heavy (non-hydrogen) atoms. The standard InChI is InChI=1S/C22H17ClN2O4/c1-13-4-7-19(18(23)9-13)25-22-17(21(27)24-12-16-3-2-8-28-16)10-14-5-6-15(26)11-20(14)29-22/h2-11,26H,12H2,1H3,(H,24,27). The Morgan fingerprint density at radius 2 is 2.03 bits per heavy atom. The summed E-state index contributed by atoms with van der Waals surface area (Å²) in [5.41, 5.74) is 2.19. The summed E-state index contributed by atoms with van der Waals surface area (Å²) in [5, 5.41) is 13.6. The third-order valence-corrected chi connectivity index (χ3v) is 4.61. The summed E-state index contributed by atoms with van der Waals surface area (Å²) in [6.45, 7) is 2.15. The van der Waals surface area contributed by atoms with E-state index in [1.54, 1.807) is 42.7 Å². The fourth-order valence-corrected chi connectivity index (χ4v) is 3.12. The van der Waals surface area contributed by atoms with Crippen LogP contribution in [0.1, 0.15) is 21.7 Å². The number of carbonyl (C=O) groups excluding carboxylic acids is 1. The van der Waals surface area contributed by atoms with Crippen LogP contribution in [0.4, 0.5) is 5.69 Å². The van der Waals surface area contributed by atoms with Crippen LogP contribution in [0, 0.1) is 6.92 Å². The summed E-state index contributed by atoms with van der Waals surface area (Å²) in [5.74, 6) is 0.304. The number of fused-ring (bicyclic) bond motifs is 1. The van der Waals surface area contributed by atoms with Crippen molar-refractivity contribution in [3.63, 3.8) is 0 Å². The molecule has 4 rings (SSSR count). The Kier molecular flexibility index (Phi) is 5.10. The molecule has 0 fully saturated rings. The second-order valence-electron chi connectivity index (χ2n) is 6.52. The van der Waals surface area contributed by atoms with Crippen molar-refractivity contribution in [3.05, 3.63) is 88.3 Å². The van der Waals surface area contributed by atoms with Crippen LogP contribution in [0.25, 0.3) is 11.0 Å². The monoisotopic (exact) mass is 408 g/mol. The lowest BCUT2D eigenvalue weighted by molar-refractivity contribution is 0.0944. The first-order valence-electron chi connectivity index (χ1n) is 8.88. The van der Waals surface area contributed by atoms with Gasteiger partial charge in [0.25, 0.3) is 5.91 Å². The molecule has 0 unspecified atom stereocenters. The maximum absolute atomic E-state index is 12.8. The van der Waals surface area contributed by atoms with Gasteiger partial charge in [0.1, 0.15) is 22.7 Å². The maximum Gasteiger partial charge on any atom is 0.257 e. The SMILES string of the molecule is Cc1ccc(N=c2oc3cc(O)ccc3cc2C(=O)NCc2ccco2)c(Cl)c1. The molecule has 0 saturated carbocycles. The zero-order chi connectivity index (χ0) is 20.4. The van der Waals surface area contributed by atoms with E-state index in [1.807, 2.05) is 13.0 Å². The number of phenolic OH excluding ortho intramolecular Hbond substituents is 1. The van der Waals surface area contributed by atoms with Crippen LogP contribution in [0.5, 0.6) is 5.75 Å². The number of nitrogens with one attached hydrogen (secondary N) is 1. The van der Waals surface area contributed by atoms with Gasteiger partial charge in [-0.05, 0) is 55.0 Å². The predicted molar refractivity (Wildman–Crippen MR) is 109 cm³/mol. The fraction of sp³-hybridized carbons (Fsp3) is 0.0909. The van der Waals surface area contributed by atoms with E-state index in [0.29, 0.717) is 27.4 Å². The molecule has 1 amide bonds. The van der Waals surface area contributed by atoms with E-state index >= 15 is 0 Å². The number of benzene rings is 2. The molecule has 7 heteroatoms. The molecule has 0 bridgehead atoms. The van der Waals surface area contributed by atoms with E-state index in [9.17, 15) is 9.90 Å². The minimum atomic E-state index is -0.373. The van der Waals surface area contributed by atoms with Crippen molar-refractivity contribution in [2.24, 2.45) is 4.99 Å². The molecule has 0 spiro atoms. The van der Waals surface area contributed by atoms with E-state index < -0.39 is 0 Å². The molecule has 0 saturated heterocycles. The number of amides is 1. The largest absolute Gasteiger partial charge is 0.508 e. The average Bonchev–Trinajstić information content (AvgIpc) is 3.21. The number of aryl methyl sites for hydroxylation is 1. The molecule has 0 atom stereocenters. The van der Waals surface area contributed by atoms with Gasteiger partial charge in [-0.25, -0.2) is 4.99 Å². The molecule has 2 aromatic heterocycles. The van der Waals surface area contributed by atoms with E-state index in [-0.39, 0.29) is 29.3 Å². The van der Waals surface area contributed by atoms with Gasteiger partial charge in [0, 0.05) is 11.5 Å². The molecule has 2 aromatic carbocycles. The Balaban J connectivity index is 1.82. The first kappa shape index (κ1) is 18.8. The Morgan fingerprint density at radius 3 is 2.79 bits per heavy atom. The van der Waals surface area contributed by atoms with Gasteiger partial charge in [0.05, 0.1) is 23.5 Å². The summed E-state index contributed by atoms with van der Waals surface area (Å²) >= 11 is 6.30. The van der Waals surface area contributed by atoms with E-state index in [2.05, 4.69) is 10.3 Å². The average molecular weight is 409 g/mol. The lowest BCUT2D eigenvalue weighted by Crippen LogP contribution is -2.28. The number of nitrogens with zero attached hydrogens (tertiary/aromatic N) is 1. The van der Waals surface area contributed by atoms with Gasteiger partial charge in [-0.1, -0.05) is 17.7 Å². The van der Waals surface area contributed by atoms with Crippen LogP contribution >= 0.6 is 11.6 Å². The summed E-state index contributed by atoms with van der Waals surface area (Å²) in [4.78, 5) is 17.3. The van der Waals surface area contributed by atoms with Crippen LogP contribution < -0.4 is 10.9 Å².